The molecule has 0 saturated heterocycles. The molecule has 0 radical (unpaired) electrons. The number of pyridine rings is 1. The van der Waals surface area contributed by atoms with Gasteiger partial charge in [0.1, 0.15) is 17.1 Å². The Hall–Kier alpha value is -4.46. The van der Waals surface area contributed by atoms with Crippen molar-refractivity contribution >= 4 is 17.6 Å². The minimum atomic E-state index is -0.647. The molecule has 0 spiro atoms. The van der Waals surface area contributed by atoms with Crippen molar-refractivity contribution in [3.63, 3.8) is 0 Å². The number of aromatic nitrogens is 3. The van der Waals surface area contributed by atoms with Crippen LogP contribution in [0.1, 0.15) is 50.4 Å². The van der Waals surface area contributed by atoms with E-state index >= 15 is 0 Å². The van der Waals surface area contributed by atoms with Crippen LogP contribution in [0.5, 0.6) is 0 Å². The number of carbonyl (C=O) groups excluding carboxylic acids is 2. The van der Waals surface area contributed by atoms with E-state index in [1.807, 2.05) is 68.4 Å². The largest absolute Gasteiger partial charge is 0.383 e. The van der Waals surface area contributed by atoms with Crippen LogP contribution in [0.4, 0.5) is 5.82 Å². The fourth-order valence-electron chi connectivity index (χ4n) is 3.84. The van der Waals surface area contributed by atoms with E-state index in [0.29, 0.717) is 23.4 Å². The Bertz CT molecular complexity index is 1330. The normalized spacial score (nSPS) is 11.7. The number of hydrogen-bond donors (Lipinski definition) is 3. The number of nitrogens with one attached hydrogen (secondary N) is 1. The maximum absolute atomic E-state index is 12.5. The SMILES string of the molecule is Cc1ccccc1C(=O)NCc1ccc(-c2nn(C(C)c3cccnc3)c(N)c2C(N)=O)cc1. The van der Waals surface area contributed by atoms with Crippen molar-refractivity contribution in [2.75, 3.05) is 5.73 Å². The third-order valence-corrected chi connectivity index (χ3v) is 5.80. The minimum Gasteiger partial charge on any atom is -0.383 e. The van der Waals surface area contributed by atoms with E-state index in [1.165, 1.54) is 0 Å². The lowest BCUT2D eigenvalue weighted by Gasteiger charge is -2.13. The van der Waals surface area contributed by atoms with Gasteiger partial charge in [-0.3, -0.25) is 14.6 Å². The molecule has 0 saturated carbocycles. The average molecular weight is 455 g/mol. The van der Waals surface area contributed by atoms with Gasteiger partial charge in [0.2, 0.25) is 0 Å². The first-order valence-electron chi connectivity index (χ1n) is 10.9. The lowest BCUT2D eigenvalue weighted by molar-refractivity contribution is 0.0949. The molecular formula is C26H26N6O2. The third kappa shape index (κ3) is 4.52. The van der Waals surface area contributed by atoms with E-state index in [-0.39, 0.29) is 23.3 Å². The van der Waals surface area contributed by atoms with Crippen LogP contribution in [0.2, 0.25) is 0 Å². The molecule has 8 nitrogen and oxygen atoms in total. The number of anilines is 1. The summed E-state index contributed by atoms with van der Waals surface area (Å²) in [6, 6.07) is 18.4. The fraction of sp³-hybridized carbons (Fsp3) is 0.154. The molecule has 5 N–H and O–H groups in total. The highest BCUT2D eigenvalue weighted by Gasteiger charge is 2.24. The molecule has 0 aliphatic carbocycles. The van der Waals surface area contributed by atoms with Gasteiger partial charge in [-0.25, -0.2) is 4.68 Å². The summed E-state index contributed by atoms with van der Waals surface area (Å²) >= 11 is 0. The number of nitrogens with zero attached hydrogens (tertiary/aromatic N) is 3. The standard InChI is InChI=1S/C26H26N6O2/c1-16-6-3-4-8-21(16)26(34)30-14-18-9-11-19(12-10-18)23-22(25(28)33)24(27)32(31-23)17(2)20-7-5-13-29-15-20/h3-13,15,17H,14,27H2,1-2H3,(H2,28,33)(H,30,34). The highest BCUT2D eigenvalue weighted by atomic mass is 16.2. The van der Waals surface area contributed by atoms with E-state index in [4.69, 9.17) is 11.5 Å². The predicted molar refractivity (Wildman–Crippen MR) is 131 cm³/mol. The maximum Gasteiger partial charge on any atom is 0.254 e. The minimum absolute atomic E-state index is 0.130. The van der Waals surface area contributed by atoms with Gasteiger partial charge in [-0.15, -0.1) is 0 Å². The Morgan fingerprint density at radius 3 is 2.44 bits per heavy atom. The van der Waals surface area contributed by atoms with Gasteiger partial charge < -0.3 is 16.8 Å². The highest BCUT2D eigenvalue weighted by molar-refractivity contribution is 6.03. The summed E-state index contributed by atoms with van der Waals surface area (Å²) in [4.78, 5) is 28.8. The van der Waals surface area contributed by atoms with Gasteiger partial charge in [0.05, 0.1) is 6.04 Å². The van der Waals surface area contributed by atoms with Crippen molar-refractivity contribution in [2.45, 2.75) is 26.4 Å². The Labute approximate surface area is 197 Å². The molecule has 0 fully saturated rings. The van der Waals surface area contributed by atoms with Crippen molar-refractivity contribution in [2.24, 2.45) is 5.73 Å². The van der Waals surface area contributed by atoms with Crippen LogP contribution in [-0.4, -0.2) is 26.6 Å². The number of nitrogens with two attached hydrogens (primary N) is 2. The summed E-state index contributed by atoms with van der Waals surface area (Å²) in [5.41, 5.74) is 16.6. The monoisotopic (exact) mass is 454 g/mol. The van der Waals surface area contributed by atoms with Crippen LogP contribution in [-0.2, 0) is 6.54 Å². The second kappa shape index (κ2) is 9.58. The molecule has 2 aromatic carbocycles. The van der Waals surface area contributed by atoms with E-state index in [1.54, 1.807) is 23.1 Å². The van der Waals surface area contributed by atoms with Gasteiger partial charge in [-0.2, -0.15) is 5.10 Å². The van der Waals surface area contributed by atoms with Gasteiger partial charge >= 0.3 is 0 Å². The molecule has 8 heteroatoms. The van der Waals surface area contributed by atoms with Crippen molar-refractivity contribution in [1.82, 2.24) is 20.1 Å². The molecule has 172 valence electrons. The molecule has 2 aromatic heterocycles. The summed E-state index contributed by atoms with van der Waals surface area (Å²) in [6.45, 7) is 4.19. The zero-order valence-corrected chi connectivity index (χ0v) is 19.0. The summed E-state index contributed by atoms with van der Waals surface area (Å²) in [7, 11) is 0. The zero-order valence-electron chi connectivity index (χ0n) is 19.0. The summed E-state index contributed by atoms with van der Waals surface area (Å²) in [5.74, 6) is -0.575. The van der Waals surface area contributed by atoms with E-state index in [0.717, 1.165) is 16.7 Å². The second-order valence-electron chi connectivity index (χ2n) is 8.07. The number of carbonyl (C=O) groups is 2. The highest BCUT2D eigenvalue weighted by Crippen LogP contribution is 2.31. The summed E-state index contributed by atoms with van der Waals surface area (Å²) < 4.78 is 1.59. The first-order valence-corrected chi connectivity index (χ1v) is 10.9. The van der Waals surface area contributed by atoms with Gasteiger partial charge in [0.15, 0.2) is 0 Å². The van der Waals surface area contributed by atoms with Crippen molar-refractivity contribution in [3.8, 4) is 11.3 Å². The number of primary amides is 1. The van der Waals surface area contributed by atoms with Gasteiger partial charge in [0.25, 0.3) is 11.8 Å². The second-order valence-corrected chi connectivity index (χ2v) is 8.07. The van der Waals surface area contributed by atoms with Crippen LogP contribution >= 0.6 is 0 Å². The van der Waals surface area contributed by atoms with Gasteiger partial charge in [0, 0.05) is 30.1 Å². The number of benzene rings is 2. The third-order valence-electron chi connectivity index (χ3n) is 5.80. The fourth-order valence-corrected chi connectivity index (χ4v) is 3.84. The van der Waals surface area contributed by atoms with Crippen LogP contribution in [0, 0.1) is 6.92 Å². The average Bonchev–Trinajstić information content (AvgIpc) is 3.20. The molecule has 2 heterocycles. The Kier molecular flexibility index (Phi) is 6.40. The molecule has 0 bridgehead atoms. The van der Waals surface area contributed by atoms with Crippen LogP contribution in [0.3, 0.4) is 0 Å². The van der Waals surface area contributed by atoms with Crippen LogP contribution in [0.25, 0.3) is 11.3 Å². The number of nitrogen functional groups attached to an aromatic ring is 1. The maximum atomic E-state index is 12.5. The Morgan fingerprint density at radius 2 is 1.79 bits per heavy atom. The molecular weight excluding hydrogens is 428 g/mol. The van der Waals surface area contributed by atoms with Gasteiger partial charge in [-0.1, -0.05) is 48.5 Å². The number of aryl methyl sites for hydroxylation is 1. The quantitative estimate of drug-likeness (QED) is 0.394. The van der Waals surface area contributed by atoms with Gasteiger partial charge in [-0.05, 0) is 42.7 Å². The van der Waals surface area contributed by atoms with E-state index in [9.17, 15) is 9.59 Å². The van der Waals surface area contributed by atoms with Crippen molar-refractivity contribution in [1.29, 1.82) is 0 Å². The molecule has 1 atom stereocenters. The number of amides is 2. The van der Waals surface area contributed by atoms with E-state index < -0.39 is 5.91 Å². The zero-order chi connectivity index (χ0) is 24.2. The summed E-state index contributed by atoms with van der Waals surface area (Å²) in [6.07, 6.45) is 3.42. The molecule has 34 heavy (non-hydrogen) atoms. The van der Waals surface area contributed by atoms with Crippen LogP contribution in [0.15, 0.2) is 73.1 Å². The molecule has 2 amide bonds. The topological polar surface area (TPSA) is 129 Å². The number of rotatable bonds is 7. The smallest absolute Gasteiger partial charge is 0.254 e. The lowest BCUT2D eigenvalue weighted by Crippen LogP contribution is -2.23. The van der Waals surface area contributed by atoms with Crippen molar-refractivity contribution < 1.29 is 9.59 Å². The molecule has 0 aliphatic rings. The molecule has 4 rings (SSSR count). The number of hydrogen-bond acceptors (Lipinski definition) is 5. The van der Waals surface area contributed by atoms with Crippen LogP contribution < -0.4 is 16.8 Å². The summed E-state index contributed by atoms with van der Waals surface area (Å²) in [5, 5.41) is 7.56. The molecule has 1 unspecified atom stereocenters. The Morgan fingerprint density at radius 1 is 1.06 bits per heavy atom. The molecule has 4 aromatic rings. The first kappa shape index (κ1) is 22.7. The Balaban J connectivity index is 1.57. The first-order chi connectivity index (χ1) is 16.4. The predicted octanol–water partition coefficient (Wildman–Crippen LogP) is 3.47. The van der Waals surface area contributed by atoms with Crippen molar-refractivity contribution in [3.05, 3.63) is 101 Å². The lowest BCUT2D eigenvalue weighted by atomic mass is 10.0. The molecule has 0 aliphatic heterocycles. The van der Waals surface area contributed by atoms with E-state index in [2.05, 4.69) is 15.4 Å².